The van der Waals surface area contributed by atoms with Gasteiger partial charge in [-0.2, -0.15) is 0 Å². The number of hydrogen-bond donors (Lipinski definition) is 1. The van der Waals surface area contributed by atoms with E-state index >= 15 is 0 Å². The third kappa shape index (κ3) is 3.83. The molecule has 3 rings (SSSR count). The van der Waals surface area contributed by atoms with Crippen molar-refractivity contribution in [3.05, 3.63) is 42.5 Å². The Morgan fingerprint density at radius 3 is 2.50 bits per heavy atom. The van der Waals surface area contributed by atoms with Gasteiger partial charge in [-0.05, 0) is 57.2 Å². The molecule has 5 nitrogen and oxygen atoms in total. The highest BCUT2D eigenvalue weighted by molar-refractivity contribution is 7.21. The van der Waals surface area contributed by atoms with Crippen LogP contribution in [0.3, 0.4) is 0 Å². The highest BCUT2D eigenvalue weighted by atomic mass is 32.1. The minimum Gasteiger partial charge on any atom is -0.428 e. The molecule has 0 radical (unpaired) electrons. The first-order valence-corrected chi connectivity index (χ1v) is 8.29. The van der Waals surface area contributed by atoms with Gasteiger partial charge in [-0.15, -0.1) is 11.3 Å². The Hall–Kier alpha value is -2.60. The average Bonchev–Trinajstić information content (AvgIpc) is 2.89. The van der Waals surface area contributed by atoms with Crippen LogP contribution in [0.2, 0.25) is 0 Å². The maximum absolute atomic E-state index is 11.8. The summed E-state index contributed by atoms with van der Waals surface area (Å²) in [5.74, 6) is 0.434. The van der Waals surface area contributed by atoms with Crippen molar-refractivity contribution in [1.29, 1.82) is 0 Å². The van der Waals surface area contributed by atoms with E-state index in [-0.39, 0.29) is 0 Å². The second-order valence-electron chi connectivity index (χ2n) is 6.34. The number of nitrogen functional groups attached to an aromatic ring is 1. The molecule has 0 spiro atoms. The van der Waals surface area contributed by atoms with E-state index in [1.54, 1.807) is 32.9 Å². The number of carbonyl (C=O) groups is 1. The lowest BCUT2D eigenvalue weighted by atomic mass is 10.2. The van der Waals surface area contributed by atoms with Crippen LogP contribution < -0.4 is 10.5 Å². The van der Waals surface area contributed by atoms with E-state index in [4.69, 9.17) is 15.2 Å². The van der Waals surface area contributed by atoms with Crippen molar-refractivity contribution in [1.82, 2.24) is 4.98 Å². The molecule has 3 aromatic rings. The lowest BCUT2D eigenvalue weighted by molar-refractivity contribution is 0.0206. The molecule has 0 saturated carbocycles. The first-order valence-electron chi connectivity index (χ1n) is 7.47. The molecule has 0 aliphatic heterocycles. The van der Waals surface area contributed by atoms with Crippen LogP contribution in [0.4, 0.5) is 10.5 Å². The molecule has 0 aliphatic rings. The minimum absolute atomic E-state index is 0.434. The van der Waals surface area contributed by atoms with Crippen molar-refractivity contribution in [2.24, 2.45) is 0 Å². The van der Waals surface area contributed by atoms with Crippen molar-refractivity contribution in [3.63, 3.8) is 0 Å². The first kappa shape index (κ1) is 16.3. The summed E-state index contributed by atoms with van der Waals surface area (Å²) < 4.78 is 11.3. The van der Waals surface area contributed by atoms with Crippen LogP contribution in [0.15, 0.2) is 42.5 Å². The zero-order valence-corrected chi connectivity index (χ0v) is 14.5. The smallest absolute Gasteiger partial charge is 0.428 e. The van der Waals surface area contributed by atoms with E-state index in [0.29, 0.717) is 11.4 Å². The quantitative estimate of drug-likeness (QED) is 0.409. The molecule has 6 heteroatoms. The second kappa shape index (κ2) is 6.13. The van der Waals surface area contributed by atoms with Gasteiger partial charge in [-0.1, -0.05) is 0 Å². The predicted molar refractivity (Wildman–Crippen MR) is 96.3 cm³/mol. The summed E-state index contributed by atoms with van der Waals surface area (Å²) in [7, 11) is 0. The van der Waals surface area contributed by atoms with Crippen LogP contribution in [0.5, 0.6) is 5.75 Å². The molecule has 1 aromatic heterocycles. The maximum atomic E-state index is 11.8. The maximum Gasteiger partial charge on any atom is 0.514 e. The van der Waals surface area contributed by atoms with Gasteiger partial charge in [-0.3, -0.25) is 0 Å². The van der Waals surface area contributed by atoms with Crippen molar-refractivity contribution >= 4 is 33.4 Å². The number of ether oxygens (including phenoxy) is 2. The van der Waals surface area contributed by atoms with Gasteiger partial charge >= 0.3 is 6.16 Å². The molecule has 0 aliphatic carbocycles. The number of anilines is 1. The molecule has 2 aromatic carbocycles. The molecule has 0 atom stereocenters. The van der Waals surface area contributed by atoms with E-state index in [2.05, 4.69) is 4.98 Å². The number of hydrogen-bond acceptors (Lipinski definition) is 6. The van der Waals surface area contributed by atoms with E-state index in [9.17, 15) is 4.79 Å². The highest BCUT2D eigenvalue weighted by Crippen LogP contribution is 2.32. The SMILES string of the molecule is CC(C)(C)OC(=O)Oc1ccc2nc(-c3ccc(N)cc3)sc2c1. The van der Waals surface area contributed by atoms with Crippen LogP contribution in [0.25, 0.3) is 20.8 Å². The number of fused-ring (bicyclic) bond motifs is 1. The summed E-state index contributed by atoms with van der Waals surface area (Å²) in [5.41, 5.74) is 7.69. The fraction of sp³-hybridized carbons (Fsp3) is 0.222. The van der Waals surface area contributed by atoms with Gasteiger partial charge in [0.25, 0.3) is 0 Å². The molecule has 0 unspecified atom stereocenters. The molecule has 0 saturated heterocycles. The summed E-state index contributed by atoms with van der Waals surface area (Å²) in [4.78, 5) is 16.4. The van der Waals surface area contributed by atoms with Crippen molar-refractivity contribution < 1.29 is 14.3 Å². The molecule has 0 fully saturated rings. The Morgan fingerprint density at radius 1 is 1.12 bits per heavy atom. The Balaban J connectivity index is 1.84. The van der Waals surface area contributed by atoms with Crippen LogP contribution in [-0.4, -0.2) is 16.7 Å². The zero-order valence-electron chi connectivity index (χ0n) is 13.7. The van der Waals surface area contributed by atoms with Gasteiger partial charge < -0.3 is 15.2 Å². The lowest BCUT2D eigenvalue weighted by Gasteiger charge is -2.18. The monoisotopic (exact) mass is 342 g/mol. The van der Waals surface area contributed by atoms with Gasteiger partial charge in [0.1, 0.15) is 16.4 Å². The van der Waals surface area contributed by atoms with E-state index in [0.717, 1.165) is 20.8 Å². The summed E-state index contributed by atoms with van der Waals surface area (Å²) in [6.45, 7) is 5.37. The lowest BCUT2D eigenvalue weighted by Crippen LogP contribution is -2.25. The number of nitrogens with two attached hydrogens (primary N) is 1. The summed E-state index contributed by atoms with van der Waals surface area (Å²) in [6.07, 6.45) is -0.717. The van der Waals surface area contributed by atoms with Gasteiger partial charge in [0, 0.05) is 17.3 Å². The standard InChI is InChI=1S/C18H18N2O3S/c1-18(2,3)23-17(21)22-13-8-9-14-15(10-13)24-16(20-14)11-4-6-12(19)7-5-11/h4-10H,19H2,1-3H3. The molecule has 24 heavy (non-hydrogen) atoms. The third-order valence-electron chi connectivity index (χ3n) is 3.11. The number of nitrogens with zero attached hydrogens (tertiary/aromatic N) is 1. The Bertz CT molecular complexity index is 879. The Morgan fingerprint density at radius 2 is 1.83 bits per heavy atom. The zero-order chi connectivity index (χ0) is 17.3. The normalized spacial score (nSPS) is 11.5. The predicted octanol–water partition coefficient (Wildman–Crippen LogP) is 4.86. The molecule has 2 N–H and O–H groups in total. The van der Waals surface area contributed by atoms with Gasteiger partial charge in [0.05, 0.1) is 10.2 Å². The number of carbonyl (C=O) groups excluding carboxylic acids is 1. The topological polar surface area (TPSA) is 74.4 Å². The number of aromatic nitrogens is 1. The first-order chi connectivity index (χ1) is 11.3. The van der Waals surface area contributed by atoms with Crippen LogP contribution in [0.1, 0.15) is 20.8 Å². The number of thiazole rings is 1. The molecule has 1 heterocycles. The van der Waals surface area contributed by atoms with Crippen molar-refractivity contribution in [2.75, 3.05) is 5.73 Å². The average molecular weight is 342 g/mol. The van der Waals surface area contributed by atoms with E-state index in [1.807, 2.05) is 30.3 Å². The van der Waals surface area contributed by atoms with Gasteiger partial charge in [0.2, 0.25) is 0 Å². The number of benzene rings is 2. The number of rotatable bonds is 2. The summed E-state index contributed by atoms with van der Waals surface area (Å²) in [5, 5.41) is 0.888. The van der Waals surface area contributed by atoms with Crippen molar-refractivity contribution in [2.45, 2.75) is 26.4 Å². The fourth-order valence-corrected chi connectivity index (χ4v) is 3.08. The highest BCUT2D eigenvalue weighted by Gasteiger charge is 2.18. The largest absolute Gasteiger partial charge is 0.514 e. The molecule has 0 bridgehead atoms. The fourth-order valence-electron chi connectivity index (χ4n) is 2.08. The van der Waals surface area contributed by atoms with Gasteiger partial charge in [-0.25, -0.2) is 9.78 Å². The van der Waals surface area contributed by atoms with Crippen molar-refractivity contribution in [3.8, 4) is 16.3 Å². The molecule has 0 amide bonds. The Labute approximate surface area is 144 Å². The van der Waals surface area contributed by atoms with E-state index in [1.165, 1.54) is 11.3 Å². The minimum atomic E-state index is -0.717. The molecular formula is C18H18N2O3S. The second-order valence-corrected chi connectivity index (χ2v) is 7.37. The van der Waals surface area contributed by atoms with Crippen LogP contribution in [-0.2, 0) is 4.74 Å². The summed E-state index contributed by atoms with van der Waals surface area (Å²) in [6, 6.07) is 12.9. The summed E-state index contributed by atoms with van der Waals surface area (Å²) >= 11 is 1.53. The van der Waals surface area contributed by atoms with Crippen LogP contribution in [0, 0.1) is 0 Å². The van der Waals surface area contributed by atoms with Crippen LogP contribution >= 0.6 is 11.3 Å². The third-order valence-corrected chi connectivity index (χ3v) is 4.18. The molecule has 124 valence electrons. The van der Waals surface area contributed by atoms with E-state index < -0.39 is 11.8 Å². The Kier molecular flexibility index (Phi) is 4.15. The molecular weight excluding hydrogens is 324 g/mol. The van der Waals surface area contributed by atoms with Gasteiger partial charge in [0.15, 0.2) is 0 Å².